The Labute approximate surface area is 218 Å². The molecule has 4 aromatic rings. The standard InChI is InChI=1S/C29H19Cl2N3O2/c30-23-12-7-13-24(31)26(23)33-28(35)21-14-16-22(17-15-21)34-27(20-10-5-2-6-11-20)32-25(29(34)36)18-19-8-3-1-4-9-19/h1-18H,(H,33,35)/b25-18-. The molecule has 0 unspecified atom stereocenters. The van der Waals surface area contributed by atoms with Crippen molar-refractivity contribution in [3.8, 4) is 0 Å². The zero-order valence-corrected chi connectivity index (χ0v) is 20.4. The highest BCUT2D eigenvalue weighted by molar-refractivity contribution is 6.40. The molecule has 176 valence electrons. The van der Waals surface area contributed by atoms with Gasteiger partial charge in [0, 0.05) is 11.1 Å². The fourth-order valence-corrected chi connectivity index (χ4v) is 4.30. The van der Waals surface area contributed by atoms with Crippen LogP contribution in [0.2, 0.25) is 10.0 Å². The molecule has 0 spiro atoms. The van der Waals surface area contributed by atoms with Crippen LogP contribution in [0, 0.1) is 0 Å². The summed E-state index contributed by atoms with van der Waals surface area (Å²) in [4.78, 5) is 32.5. The van der Waals surface area contributed by atoms with Crippen LogP contribution in [-0.4, -0.2) is 17.6 Å². The molecule has 5 rings (SSSR count). The summed E-state index contributed by atoms with van der Waals surface area (Å²) < 4.78 is 0. The SMILES string of the molecule is O=C(Nc1c(Cl)cccc1Cl)c1ccc(N2C(=O)/C(=C/c3ccccc3)N=C2c2ccccc2)cc1. The van der Waals surface area contributed by atoms with E-state index in [9.17, 15) is 9.59 Å². The van der Waals surface area contributed by atoms with Gasteiger partial charge in [-0.15, -0.1) is 0 Å². The van der Waals surface area contributed by atoms with E-state index in [4.69, 9.17) is 23.2 Å². The van der Waals surface area contributed by atoms with Gasteiger partial charge in [0.2, 0.25) is 0 Å². The number of carbonyl (C=O) groups excluding carboxylic acids is 2. The first-order chi connectivity index (χ1) is 17.5. The molecule has 2 amide bonds. The summed E-state index contributed by atoms with van der Waals surface area (Å²) in [6.07, 6.45) is 1.76. The molecule has 5 nitrogen and oxygen atoms in total. The van der Waals surface area contributed by atoms with Crippen molar-refractivity contribution in [3.63, 3.8) is 0 Å². The lowest BCUT2D eigenvalue weighted by atomic mass is 10.1. The van der Waals surface area contributed by atoms with Crippen LogP contribution in [-0.2, 0) is 4.79 Å². The summed E-state index contributed by atoms with van der Waals surface area (Å²) in [7, 11) is 0. The largest absolute Gasteiger partial charge is 0.319 e. The van der Waals surface area contributed by atoms with E-state index in [-0.39, 0.29) is 11.8 Å². The summed E-state index contributed by atoms with van der Waals surface area (Å²) >= 11 is 12.3. The van der Waals surface area contributed by atoms with Crippen LogP contribution >= 0.6 is 23.2 Å². The second kappa shape index (κ2) is 10.2. The number of para-hydroxylation sites is 1. The minimum atomic E-state index is -0.370. The van der Waals surface area contributed by atoms with E-state index in [1.165, 1.54) is 0 Å². The maximum absolute atomic E-state index is 13.5. The average molecular weight is 512 g/mol. The first kappa shape index (κ1) is 23.5. The van der Waals surface area contributed by atoms with Crippen LogP contribution in [0.4, 0.5) is 11.4 Å². The van der Waals surface area contributed by atoms with Crippen molar-refractivity contribution in [2.75, 3.05) is 10.2 Å². The summed E-state index contributed by atoms with van der Waals surface area (Å²) in [6, 6.07) is 30.8. The first-order valence-electron chi connectivity index (χ1n) is 11.1. The highest BCUT2D eigenvalue weighted by Gasteiger charge is 2.32. The number of aliphatic imine (C=N–C) groups is 1. The van der Waals surface area contributed by atoms with Gasteiger partial charge in [-0.05, 0) is 48.0 Å². The van der Waals surface area contributed by atoms with Crippen molar-refractivity contribution in [1.29, 1.82) is 0 Å². The number of rotatable bonds is 5. The van der Waals surface area contributed by atoms with Crippen LogP contribution in [0.5, 0.6) is 0 Å². The number of halogens is 2. The van der Waals surface area contributed by atoms with Crippen LogP contribution in [0.15, 0.2) is 114 Å². The maximum atomic E-state index is 13.5. The monoisotopic (exact) mass is 511 g/mol. The molecule has 36 heavy (non-hydrogen) atoms. The molecule has 0 radical (unpaired) electrons. The molecule has 1 N–H and O–H groups in total. The van der Waals surface area contributed by atoms with Gasteiger partial charge in [-0.1, -0.05) is 89.9 Å². The number of amidine groups is 1. The van der Waals surface area contributed by atoms with Crippen molar-refractivity contribution < 1.29 is 9.59 Å². The Bertz CT molecular complexity index is 1480. The normalized spacial score (nSPS) is 14.2. The average Bonchev–Trinajstić information content (AvgIpc) is 3.23. The van der Waals surface area contributed by atoms with Gasteiger partial charge >= 0.3 is 0 Å². The van der Waals surface area contributed by atoms with Gasteiger partial charge in [0.15, 0.2) is 0 Å². The zero-order chi connectivity index (χ0) is 25.1. The van der Waals surface area contributed by atoms with Crippen LogP contribution in [0.25, 0.3) is 6.08 Å². The van der Waals surface area contributed by atoms with Crippen LogP contribution in [0.3, 0.4) is 0 Å². The van der Waals surface area contributed by atoms with Crippen molar-refractivity contribution in [2.24, 2.45) is 4.99 Å². The highest BCUT2D eigenvalue weighted by atomic mass is 35.5. The molecule has 0 fully saturated rings. The Hall–Kier alpha value is -4.19. The van der Waals surface area contributed by atoms with E-state index in [1.807, 2.05) is 60.7 Å². The van der Waals surface area contributed by atoms with Crippen molar-refractivity contribution in [3.05, 3.63) is 136 Å². The van der Waals surface area contributed by atoms with Gasteiger partial charge in [0.05, 0.1) is 21.4 Å². The number of carbonyl (C=O) groups is 2. The van der Waals surface area contributed by atoms with Gasteiger partial charge in [0.1, 0.15) is 11.5 Å². The highest BCUT2D eigenvalue weighted by Crippen LogP contribution is 2.31. The quantitative estimate of drug-likeness (QED) is 0.291. The zero-order valence-electron chi connectivity index (χ0n) is 18.9. The van der Waals surface area contributed by atoms with Gasteiger partial charge in [0.25, 0.3) is 11.8 Å². The molecule has 7 heteroatoms. The van der Waals surface area contributed by atoms with Crippen LogP contribution < -0.4 is 10.2 Å². The second-order valence-corrected chi connectivity index (χ2v) is 8.79. The minimum Gasteiger partial charge on any atom is -0.319 e. The first-order valence-corrected chi connectivity index (χ1v) is 11.9. The number of benzene rings is 4. The summed E-state index contributed by atoms with van der Waals surface area (Å²) in [6.45, 7) is 0. The number of nitrogens with one attached hydrogen (secondary N) is 1. The third kappa shape index (κ3) is 4.80. The van der Waals surface area contributed by atoms with E-state index >= 15 is 0 Å². The van der Waals surface area contributed by atoms with E-state index in [0.29, 0.717) is 38.5 Å². The molecule has 1 aliphatic heterocycles. The predicted molar refractivity (Wildman–Crippen MR) is 146 cm³/mol. The lowest BCUT2D eigenvalue weighted by molar-refractivity contribution is -0.113. The molecule has 0 aromatic heterocycles. The van der Waals surface area contributed by atoms with Crippen molar-refractivity contribution in [2.45, 2.75) is 0 Å². The summed E-state index contributed by atoms with van der Waals surface area (Å²) in [5.74, 6) is -0.105. The third-order valence-electron chi connectivity index (χ3n) is 5.58. The number of nitrogens with zero attached hydrogens (tertiary/aromatic N) is 2. The number of hydrogen-bond acceptors (Lipinski definition) is 3. The predicted octanol–water partition coefficient (Wildman–Crippen LogP) is 7.08. The molecule has 0 saturated heterocycles. The van der Waals surface area contributed by atoms with Crippen molar-refractivity contribution >= 4 is 58.3 Å². The van der Waals surface area contributed by atoms with E-state index < -0.39 is 0 Å². The van der Waals surface area contributed by atoms with E-state index in [1.54, 1.807) is 53.4 Å². The molecular formula is C29H19Cl2N3O2. The topological polar surface area (TPSA) is 61.8 Å². The lowest BCUT2D eigenvalue weighted by Gasteiger charge is -2.19. The molecular weight excluding hydrogens is 493 g/mol. The molecule has 1 heterocycles. The molecule has 0 bridgehead atoms. The molecule has 0 saturated carbocycles. The minimum absolute atomic E-state index is 0.252. The fourth-order valence-electron chi connectivity index (χ4n) is 3.81. The third-order valence-corrected chi connectivity index (χ3v) is 6.21. The Morgan fingerprint density at radius 1 is 0.778 bits per heavy atom. The maximum Gasteiger partial charge on any atom is 0.282 e. The van der Waals surface area contributed by atoms with Crippen molar-refractivity contribution in [1.82, 2.24) is 0 Å². The Balaban J connectivity index is 1.46. The van der Waals surface area contributed by atoms with E-state index in [0.717, 1.165) is 11.1 Å². The Kier molecular flexibility index (Phi) is 6.67. The molecule has 1 aliphatic rings. The smallest absolute Gasteiger partial charge is 0.282 e. The summed E-state index contributed by atoms with van der Waals surface area (Å²) in [5.41, 5.74) is 3.33. The van der Waals surface area contributed by atoms with Gasteiger partial charge in [-0.2, -0.15) is 0 Å². The van der Waals surface area contributed by atoms with Gasteiger partial charge in [-0.3, -0.25) is 14.5 Å². The van der Waals surface area contributed by atoms with Crippen LogP contribution in [0.1, 0.15) is 21.5 Å². The number of hydrogen-bond donors (Lipinski definition) is 1. The Morgan fingerprint density at radius 3 is 2.03 bits per heavy atom. The fraction of sp³-hybridized carbons (Fsp3) is 0. The van der Waals surface area contributed by atoms with Gasteiger partial charge in [-0.25, -0.2) is 4.99 Å². The Morgan fingerprint density at radius 2 is 1.39 bits per heavy atom. The number of anilines is 2. The number of amides is 2. The molecule has 4 aromatic carbocycles. The van der Waals surface area contributed by atoms with E-state index in [2.05, 4.69) is 10.3 Å². The molecule has 0 aliphatic carbocycles. The second-order valence-electron chi connectivity index (χ2n) is 7.98. The summed E-state index contributed by atoms with van der Waals surface area (Å²) in [5, 5.41) is 3.43. The van der Waals surface area contributed by atoms with Gasteiger partial charge < -0.3 is 5.32 Å². The lowest BCUT2D eigenvalue weighted by Crippen LogP contribution is -2.32. The molecule has 0 atom stereocenters.